The van der Waals surface area contributed by atoms with Crippen molar-refractivity contribution in [3.8, 4) is 0 Å². The van der Waals surface area contributed by atoms with Crippen LogP contribution in [-0.4, -0.2) is 29.8 Å². The van der Waals surface area contributed by atoms with Gasteiger partial charge in [0, 0.05) is 19.2 Å². The number of nitrogens with zero attached hydrogens (tertiary/aromatic N) is 1. The van der Waals surface area contributed by atoms with Crippen LogP contribution in [0.25, 0.3) is 0 Å². The molecule has 1 N–H and O–H groups in total. The predicted octanol–water partition coefficient (Wildman–Crippen LogP) is 1.92. The topological polar surface area (TPSA) is 49.4 Å². The summed E-state index contributed by atoms with van der Waals surface area (Å²) in [6, 6.07) is 2.76. The molecule has 4 nitrogen and oxygen atoms in total. The van der Waals surface area contributed by atoms with Gasteiger partial charge >= 0.3 is 11.8 Å². The summed E-state index contributed by atoms with van der Waals surface area (Å²) in [5, 5.41) is 2.16. The molecule has 102 valence electrons. The zero-order valence-corrected chi connectivity index (χ0v) is 10.3. The molecule has 6 heteroatoms. The molecule has 1 aromatic carbocycles. The van der Waals surface area contributed by atoms with Crippen molar-refractivity contribution in [2.45, 2.75) is 19.3 Å². The first-order valence-electron chi connectivity index (χ1n) is 6.13. The lowest BCUT2D eigenvalue weighted by Gasteiger charge is -2.25. The third-order valence-electron chi connectivity index (χ3n) is 3.02. The van der Waals surface area contributed by atoms with E-state index in [4.69, 9.17) is 0 Å². The molecule has 0 unspecified atom stereocenters. The van der Waals surface area contributed by atoms with Gasteiger partial charge in [0.1, 0.15) is 11.6 Å². The number of carbonyl (C=O) groups excluding carboxylic acids is 2. The summed E-state index contributed by atoms with van der Waals surface area (Å²) in [4.78, 5) is 24.9. The Morgan fingerprint density at radius 2 is 1.79 bits per heavy atom. The van der Waals surface area contributed by atoms with E-state index in [2.05, 4.69) is 5.32 Å². The highest BCUT2D eigenvalue weighted by Gasteiger charge is 2.23. The van der Waals surface area contributed by atoms with E-state index in [9.17, 15) is 18.4 Å². The quantitative estimate of drug-likeness (QED) is 0.791. The molecule has 0 bridgehead atoms. The zero-order valence-electron chi connectivity index (χ0n) is 10.3. The van der Waals surface area contributed by atoms with Crippen molar-refractivity contribution in [1.82, 2.24) is 4.90 Å². The minimum atomic E-state index is -0.903. The van der Waals surface area contributed by atoms with Crippen LogP contribution in [0.5, 0.6) is 0 Å². The summed E-state index contributed by atoms with van der Waals surface area (Å²) in [6.07, 6.45) is 2.77. The zero-order chi connectivity index (χ0) is 13.8. The molecule has 1 saturated heterocycles. The monoisotopic (exact) mass is 268 g/mol. The number of hydrogen-bond acceptors (Lipinski definition) is 2. The van der Waals surface area contributed by atoms with Gasteiger partial charge in [0.2, 0.25) is 0 Å². The Morgan fingerprint density at radius 1 is 1.11 bits per heavy atom. The Balaban J connectivity index is 2.01. The van der Waals surface area contributed by atoms with Crippen molar-refractivity contribution >= 4 is 17.5 Å². The SMILES string of the molecule is O=C(Nc1ccc(F)cc1F)C(=O)N1CCCCC1. The van der Waals surface area contributed by atoms with E-state index in [0.717, 1.165) is 31.4 Å². The highest BCUT2D eigenvalue weighted by Crippen LogP contribution is 2.15. The maximum atomic E-state index is 13.3. The summed E-state index contributed by atoms with van der Waals surface area (Å²) in [5.74, 6) is -3.21. The van der Waals surface area contributed by atoms with Crippen LogP contribution in [-0.2, 0) is 9.59 Å². The maximum absolute atomic E-state index is 13.3. The van der Waals surface area contributed by atoms with Crippen molar-refractivity contribution in [3.05, 3.63) is 29.8 Å². The van der Waals surface area contributed by atoms with Crippen molar-refractivity contribution < 1.29 is 18.4 Å². The lowest BCUT2D eigenvalue weighted by Crippen LogP contribution is -2.42. The van der Waals surface area contributed by atoms with Crippen molar-refractivity contribution in [1.29, 1.82) is 0 Å². The van der Waals surface area contributed by atoms with Gasteiger partial charge in [-0.05, 0) is 31.4 Å². The van der Waals surface area contributed by atoms with Crippen molar-refractivity contribution in [2.75, 3.05) is 18.4 Å². The number of halogens is 2. The molecule has 1 aliphatic rings. The molecule has 1 heterocycles. The largest absolute Gasteiger partial charge is 0.334 e. The van der Waals surface area contributed by atoms with Gasteiger partial charge in [0.25, 0.3) is 0 Å². The highest BCUT2D eigenvalue weighted by atomic mass is 19.1. The fraction of sp³-hybridized carbons (Fsp3) is 0.385. The van der Waals surface area contributed by atoms with Crippen LogP contribution in [0.2, 0.25) is 0 Å². The molecule has 0 radical (unpaired) electrons. The first-order valence-corrected chi connectivity index (χ1v) is 6.13. The average Bonchev–Trinajstić information content (AvgIpc) is 2.42. The second kappa shape index (κ2) is 5.77. The third-order valence-corrected chi connectivity index (χ3v) is 3.02. The smallest absolute Gasteiger partial charge is 0.313 e. The van der Waals surface area contributed by atoms with Gasteiger partial charge < -0.3 is 10.2 Å². The fourth-order valence-corrected chi connectivity index (χ4v) is 2.01. The molecule has 19 heavy (non-hydrogen) atoms. The van der Waals surface area contributed by atoms with E-state index < -0.39 is 23.4 Å². The van der Waals surface area contributed by atoms with Gasteiger partial charge in [-0.1, -0.05) is 0 Å². The molecular weight excluding hydrogens is 254 g/mol. The molecule has 1 aliphatic heterocycles. The minimum Gasteiger partial charge on any atom is -0.334 e. The molecule has 0 spiro atoms. The third kappa shape index (κ3) is 3.27. The van der Waals surface area contributed by atoms with Crippen LogP contribution in [0.4, 0.5) is 14.5 Å². The number of carbonyl (C=O) groups is 2. The van der Waals surface area contributed by atoms with E-state index in [1.165, 1.54) is 4.90 Å². The Morgan fingerprint density at radius 3 is 2.42 bits per heavy atom. The van der Waals surface area contributed by atoms with Crippen LogP contribution >= 0.6 is 0 Å². The van der Waals surface area contributed by atoms with E-state index >= 15 is 0 Å². The average molecular weight is 268 g/mol. The van der Waals surface area contributed by atoms with Gasteiger partial charge in [-0.25, -0.2) is 8.78 Å². The molecule has 1 fully saturated rings. The fourth-order valence-electron chi connectivity index (χ4n) is 2.01. The molecule has 0 saturated carbocycles. The van der Waals surface area contributed by atoms with Crippen LogP contribution < -0.4 is 5.32 Å². The number of likely N-dealkylation sites (tertiary alicyclic amines) is 1. The number of nitrogens with one attached hydrogen (secondary N) is 1. The highest BCUT2D eigenvalue weighted by molar-refractivity contribution is 6.39. The van der Waals surface area contributed by atoms with E-state index in [-0.39, 0.29) is 5.69 Å². The standard InChI is InChI=1S/C13H14F2N2O2/c14-9-4-5-11(10(15)8-9)16-12(18)13(19)17-6-2-1-3-7-17/h4-5,8H,1-3,6-7H2,(H,16,18). The van der Waals surface area contributed by atoms with Gasteiger partial charge in [-0.2, -0.15) is 0 Å². The molecule has 0 atom stereocenters. The van der Waals surface area contributed by atoms with Crippen LogP contribution in [0.3, 0.4) is 0 Å². The van der Waals surface area contributed by atoms with Gasteiger partial charge in [0.15, 0.2) is 0 Å². The summed E-state index contributed by atoms with van der Waals surface area (Å²) < 4.78 is 26.0. The summed E-state index contributed by atoms with van der Waals surface area (Å²) in [6.45, 7) is 1.08. The van der Waals surface area contributed by atoms with E-state index in [1.807, 2.05) is 0 Å². The lowest BCUT2D eigenvalue weighted by molar-refractivity contribution is -0.143. The van der Waals surface area contributed by atoms with Crippen molar-refractivity contribution in [3.63, 3.8) is 0 Å². The predicted molar refractivity (Wildman–Crippen MR) is 65.4 cm³/mol. The van der Waals surface area contributed by atoms with Gasteiger partial charge in [-0.15, -0.1) is 0 Å². The Kier molecular flexibility index (Phi) is 4.09. The summed E-state index contributed by atoms with van der Waals surface area (Å²) >= 11 is 0. The number of benzene rings is 1. The molecule has 2 amide bonds. The van der Waals surface area contributed by atoms with E-state index in [1.54, 1.807) is 0 Å². The Bertz CT molecular complexity index is 499. The lowest BCUT2D eigenvalue weighted by atomic mass is 10.1. The number of piperidine rings is 1. The summed E-state index contributed by atoms with van der Waals surface area (Å²) in [7, 11) is 0. The first kappa shape index (κ1) is 13.5. The molecule has 2 rings (SSSR count). The van der Waals surface area contributed by atoms with Crippen LogP contribution in [0.1, 0.15) is 19.3 Å². The van der Waals surface area contributed by atoms with E-state index in [0.29, 0.717) is 19.2 Å². The van der Waals surface area contributed by atoms with Gasteiger partial charge in [-0.3, -0.25) is 9.59 Å². The van der Waals surface area contributed by atoms with Gasteiger partial charge in [0.05, 0.1) is 5.69 Å². The number of amides is 2. The maximum Gasteiger partial charge on any atom is 0.313 e. The molecule has 0 aromatic heterocycles. The molecule has 1 aromatic rings. The second-order valence-electron chi connectivity index (χ2n) is 4.43. The van der Waals surface area contributed by atoms with Crippen LogP contribution in [0.15, 0.2) is 18.2 Å². The first-order chi connectivity index (χ1) is 9.08. The second-order valence-corrected chi connectivity index (χ2v) is 4.43. The Hall–Kier alpha value is -1.98. The minimum absolute atomic E-state index is 0.197. The van der Waals surface area contributed by atoms with Crippen LogP contribution in [0, 0.1) is 11.6 Å². The Labute approximate surface area is 109 Å². The summed E-state index contributed by atoms with van der Waals surface area (Å²) in [5.41, 5.74) is -0.197. The number of hydrogen-bond donors (Lipinski definition) is 1. The molecular formula is C13H14F2N2O2. The number of rotatable bonds is 1. The van der Waals surface area contributed by atoms with Crippen molar-refractivity contribution in [2.24, 2.45) is 0 Å². The normalized spacial score (nSPS) is 15.2. The number of anilines is 1. The molecule has 0 aliphatic carbocycles.